The van der Waals surface area contributed by atoms with Crippen LogP contribution in [0.4, 0.5) is 0 Å². The van der Waals surface area contributed by atoms with Crippen LogP contribution in [0, 0.1) is 52.3 Å². The zero-order chi connectivity index (χ0) is 24.7. The molecule has 34 heavy (non-hydrogen) atoms. The number of carbonyl (C=O) groups is 1. The lowest BCUT2D eigenvalue weighted by atomic mass is 9.47. The number of hydrogen-bond acceptors (Lipinski definition) is 2. The summed E-state index contributed by atoms with van der Waals surface area (Å²) in [5, 5.41) is 0. The summed E-state index contributed by atoms with van der Waals surface area (Å²) in [6.45, 7) is 17.0. The smallest absolute Gasteiger partial charge is 0.305 e. The Labute approximate surface area is 211 Å². The maximum Gasteiger partial charge on any atom is 0.305 e. The van der Waals surface area contributed by atoms with Crippen molar-refractivity contribution in [3.63, 3.8) is 0 Å². The highest BCUT2D eigenvalue weighted by atomic mass is 16.5. The molecule has 0 aromatic carbocycles. The molecule has 4 aliphatic carbocycles. The molecule has 0 aliphatic heterocycles. The van der Waals surface area contributed by atoms with Crippen LogP contribution in [0.25, 0.3) is 0 Å². The molecule has 0 saturated heterocycles. The number of allylic oxidation sites excluding steroid dienone is 1. The number of esters is 1. The maximum atomic E-state index is 11.9. The Hall–Kier alpha value is -0.790. The van der Waals surface area contributed by atoms with Crippen LogP contribution in [-0.4, -0.2) is 12.1 Å². The van der Waals surface area contributed by atoms with Gasteiger partial charge in [0, 0.05) is 12.8 Å². The minimum Gasteiger partial charge on any atom is -0.462 e. The standard InChI is InChI=1S/C32H54O2/c1-8-23(21(3)4)11-10-22(5)27-14-15-28-26-13-12-24-20-25(34-30(33)9-2)16-18-31(24,6)29(26)17-19-32(27,28)7/h12,21-23,25-29H,8-11,13-20H2,1-7H3/t22-,23-,25+,26+,27?,28+,29+,31+,32-/m1/s1. The van der Waals surface area contributed by atoms with Gasteiger partial charge in [0.15, 0.2) is 0 Å². The second-order valence-corrected chi connectivity index (χ2v) is 13.7. The van der Waals surface area contributed by atoms with Gasteiger partial charge in [0.2, 0.25) is 0 Å². The Bertz CT molecular complexity index is 752. The van der Waals surface area contributed by atoms with Crippen molar-refractivity contribution >= 4 is 5.97 Å². The van der Waals surface area contributed by atoms with E-state index in [1.54, 1.807) is 5.57 Å². The molecule has 2 heteroatoms. The van der Waals surface area contributed by atoms with Gasteiger partial charge < -0.3 is 4.74 Å². The topological polar surface area (TPSA) is 26.3 Å². The van der Waals surface area contributed by atoms with Crippen LogP contribution in [0.3, 0.4) is 0 Å². The molecule has 2 nitrogen and oxygen atoms in total. The van der Waals surface area contributed by atoms with Crippen molar-refractivity contribution < 1.29 is 9.53 Å². The third-order valence-corrected chi connectivity index (χ3v) is 11.9. The van der Waals surface area contributed by atoms with Crippen LogP contribution in [0.15, 0.2) is 11.6 Å². The number of ether oxygens (including phenoxy) is 1. The average molecular weight is 471 g/mol. The summed E-state index contributed by atoms with van der Waals surface area (Å²) in [7, 11) is 0. The fourth-order valence-electron chi connectivity index (χ4n) is 9.66. The summed E-state index contributed by atoms with van der Waals surface area (Å²) in [6.07, 6.45) is 17.7. The molecule has 0 bridgehead atoms. The quantitative estimate of drug-likeness (QED) is 0.261. The van der Waals surface area contributed by atoms with Gasteiger partial charge in [0.25, 0.3) is 0 Å². The van der Waals surface area contributed by atoms with E-state index in [1.807, 2.05) is 6.92 Å². The lowest BCUT2D eigenvalue weighted by Gasteiger charge is -2.58. The predicted molar refractivity (Wildman–Crippen MR) is 142 cm³/mol. The molecule has 1 unspecified atom stereocenters. The fraction of sp³-hybridized carbons (Fsp3) is 0.906. The molecule has 194 valence electrons. The van der Waals surface area contributed by atoms with Gasteiger partial charge in [-0.2, -0.15) is 0 Å². The first-order valence-corrected chi connectivity index (χ1v) is 15.0. The van der Waals surface area contributed by atoms with Gasteiger partial charge in [0.05, 0.1) is 0 Å². The number of hydrogen-bond donors (Lipinski definition) is 0. The first kappa shape index (κ1) is 26.3. The van der Waals surface area contributed by atoms with Crippen molar-refractivity contribution in [1.29, 1.82) is 0 Å². The summed E-state index contributed by atoms with van der Waals surface area (Å²) in [5.74, 6) is 6.11. The third-order valence-electron chi connectivity index (χ3n) is 11.9. The average Bonchev–Trinajstić information content (AvgIpc) is 3.16. The largest absolute Gasteiger partial charge is 0.462 e. The van der Waals surface area contributed by atoms with Crippen molar-refractivity contribution in [3.05, 3.63) is 11.6 Å². The normalized spacial score (nSPS) is 41.2. The summed E-state index contributed by atoms with van der Waals surface area (Å²) in [4.78, 5) is 11.9. The van der Waals surface area contributed by atoms with Gasteiger partial charge in [-0.15, -0.1) is 0 Å². The van der Waals surface area contributed by atoms with Crippen LogP contribution in [0.2, 0.25) is 0 Å². The van der Waals surface area contributed by atoms with Crippen molar-refractivity contribution in [1.82, 2.24) is 0 Å². The molecular formula is C32H54O2. The molecule has 4 aliphatic rings. The molecule has 0 amide bonds. The number of fused-ring (bicyclic) bond motifs is 5. The summed E-state index contributed by atoms with van der Waals surface area (Å²) < 4.78 is 5.78. The van der Waals surface area contributed by atoms with E-state index in [9.17, 15) is 4.79 Å². The van der Waals surface area contributed by atoms with Gasteiger partial charge >= 0.3 is 5.97 Å². The molecule has 3 saturated carbocycles. The van der Waals surface area contributed by atoms with Gasteiger partial charge in [-0.05, 0) is 104 Å². The Balaban J connectivity index is 1.44. The van der Waals surface area contributed by atoms with Gasteiger partial charge in [-0.1, -0.05) is 73.0 Å². The maximum absolute atomic E-state index is 11.9. The Morgan fingerprint density at radius 3 is 2.47 bits per heavy atom. The zero-order valence-electron chi connectivity index (χ0n) is 23.5. The predicted octanol–water partition coefficient (Wildman–Crippen LogP) is 8.99. The molecule has 9 atom stereocenters. The summed E-state index contributed by atoms with van der Waals surface area (Å²) in [6, 6.07) is 0. The van der Waals surface area contributed by atoms with E-state index >= 15 is 0 Å². The van der Waals surface area contributed by atoms with Gasteiger partial charge in [-0.25, -0.2) is 0 Å². The van der Waals surface area contributed by atoms with E-state index in [1.165, 1.54) is 57.8 Å². The molecule has 0 aromatic rings. The molecule has 0 N–H and O–H groups in total. The molecule has 0 aromatic heterocycles. The van der Waals surface area contributed by atoms with E-state index in [0.29, 0.717) is 17.3 Å². The highest BCUT2D eigenvalue weighted by molar-refractivity contribution is 5.69. The van der Waals surface area contributed by atoms with Crippen molar-refractivity contribution in [2.24, 2.45) is 52.3 Å². The van der Waals surface area contributed by atoms with E-state index in [2.05, 4.69) is 47.6 Å². The van der Waals surface area contributed by atoms with Crippen LogP contribution >= 0.6 is 0 Å². The van der Waals surface area contributed by atoms with Gasteiger partial charge in [0.1, 0.15) is 6.10 Å². The first-order valence-electron chi connectivity index (χ1n) is 15.0. The van der Waals surface area contributed by atoms with Gasteiger partial charge in [-0.3, -0.25) is 4.79 Å². The summed E-state index contributed by atoms with van der Waals surface area (Å²) >= 11 is 0. The van der Waals surface area contributed by atoms with E-state index in [4.69, 9.17) is 4.74 Å². The monoisotopic (exact) mass is 470 g/mol. The highest BCUT2D eigenvalue weighted by Gasteiger charge is 2.59. The Morgan fingerprint density at radius 2 is 1.79 bits per heavy atom. The van der Waals surface area contributed by atoms with E-state index < -0.39 is 0 Å². The fourth-order valence-corrected chi connectivity index (χ4v) is 9.66. The molecule has 0 heterocycles. The molecule has 3 fully saturated rings. The van der Waals surface area contributed by atoms with Crippen LogP contribution in [0.1, 0.15) is 126 Å². The third kappa shape index (κ3) is 4.66. The molecule has 0 radical (unpaired) electrons. The van der Waals surface area contributed by atoms with E-state index in [0.717, 1.165) is 54.3 Å². The van der Waals surface area contributed by atoms with Crippen molar-refractivity contribution in [2.75, 3.05) is 0 Å². The SMILES string of the molecule is CCC(=O)O[C@H]1CC[C@@]2(C)C(=CC[C@@H]3[C@@H]2CC[C@]2(C)C([C@H](C)CC[C@@H](CC)C(C)C)CC[C@@H]32)C1. The lowest BCUT2D eigenvalue weighted by molar-refractivity contribution is -0.151. The van der Waals surface area contributed by atoms with Crippen LogP contribution in [-0.2, 0) is 9.53 Å². The Morgan fingerprint density at radius 1 is 1.03 bits per heavy atom. The second-order valence-electron chi connectivity index (χ2n) is 13.7. The minimum atomic E-state index is -0.0268. The minimum absolute atomic E-state index is 0.0268. The van der Waals surface area contributed by atoms with E-state index in [-0.39, 0.29) is 12.1 Å². The molecule has 0 spiro atoms. The first-order chi connectivity index (χ1) is 16.1. The van der Waals surface area contributed by atoms with Crippen molar-refractivity contribution in [2.45, 2.75) is 132 Å². The molecule has 4 rings (SSSR count). The second kappa shape index (κ2) is 10.3. The number of rotatable bonds is 8. The zero-order valence-corrected chi connectivity index (χ0v) is 23.5. The van der Waals surface area contributed by atoms with Crippen molar-refractivity contribution in [3.8, 4) is 0 Å². The molecular weight excluding hydrogens is 416 g/mol. The lowest BCUT2D eigenvalue weighted by Crippen LogP contribution is -2.51. The van der Waals surface area contributed by atoms with Crippen LogP contribution < -0.4 is 0 Å². The summed E-state index contributed by atoms with van der Waals surface area (Å²) in [5.41, 5.74) is 2.52. The number of carbonyl (C=O) groups excluding carboxylic acids is 1. The highest BCUT2D eigenvalue weighted by Crippen LogP contribution is 2.67. The van der Waals surface area contributed by atoms with Crippen LogP contribution in [0.5, 0.6) is 0 Å². The Kier molecular flexibility index (Phi) is 7.96.